The molecule has 1 N–H and O–H groups in total. The van der Waals surface area contributed by atoms with E-state index >= 15 is 0 Å². The van der Waals surface area contributed by atoms with Crippen LogP contribution in [-0.4, -0.2) is 39.1 Å². The summed E-state index contributed by atoms with van der Waals surface area (Å²) in [6.07, 6.45) is 4.81. The lowest BCUT2D eigenvalue weighted by molar-refractivity contribution is 0.0954. The molecule has 0 aliphatic heterocycles. The molecule has 7 heteroatoms. The molecule has 158 valence electrons. The Balaban J connectivity index is 2.07. The van der Waals surface area contributed by atoms with Gasteiger partial charge in [-0.3, -0.25) is 4.79 Å². The average molecular weight is 410 g/mol. The Bertz CT molecular complexity index is 908. The Hall–Kier alpha value is -3.74. The third-order valence-electron chi connectivity index (χ3n) is 3.79. The van der Waals surface area contributed by atoms with Crippen LogP contribution in [0.4, 0.5) is 0 Å². The van der Waals surface area contributed by atoms with Crippen molar-refractivity contribution in [3.63, 3.8) is 0 Å². The second-order valence-corrected chi connectivity index (χ2v) is 5.90. The predicted octanol–water partition coefficient (Wildman–Crippen LogP) is 3.99. The standard InChI is InChI=1S/C23H26N2O5/c1-5-12-29-19-10-8-17(14-21(19)27-4)16-24-25-23(26)18-9-11-20(30-13-6-2)22(15-18)28-7-3/h5-6,8-11,14-16H,1-2,7,12-13H2,3-4H3,(H,25,26)/b24-16+. The van der Waals surface area contributed by atoms with Crippen LogP contribution in [0, 0.1) is 0 Å². The lowest BCUT2D eigenvalue weighted by atomic mass is 10.2. The van der Waals surface area contributed by atoms with E-state index in [1.807, 2.05) is 6.92 Å². The molecular formula is C23H26N2O5. The second-order valence-electron chi connectivity index (χ2n) is 5.90. The molecule has 0 spiro atoms. The minimum absolute atomic E-state index is 0.344. The van der Waals surface area contributed by atoms with Crippen molar-refractivity contribution in [2.24, 2.45) is 5.10 Å². The zero-order valence-corrected chi connectivity index (χ0v) is 17.2. The van der Waals surface area contributed by atoms with Crippen LogP contribution in [0.3, 0.4) is 0 Å². The van der Waals surface area contributed by atoms with Gasteiger partial charge in [-0.2, -0.15) is 5.10 Å². The second kappa shape index (κ2) is 12.0. The van der Waals surface area contributed by atoms with E-state index in [4.69, 9.17) is 18.9 Å². The average Bonchev–Trinajstić information content (AvgIpc) is 2.77. The number of nitrogens with zero attached hydrogens (tertiary/aromatic N) is 1. The summed E-state index contributed by atoms with van der Waals surface area (Å²) in [5.74, 6) is 1.81. The van der Waals surface area contributed by atoms with Crippen LogP contribution < -0.4 is 24.4 Å². The highest BCUT2D eigenvalue weighted by Gasteiger charge is 2.11. The SMILES string of the molecule is C=CCOc1ccc(/C=N/NC(=O)c2ccc(OCC=C)c(OCC)c2)cc1OC. The van der Waals surface area contributed by atoms with E-state index in [1.165, 1.54) is 6.21 Å². The fourth-order valence-electron chi connectivity index (χ4n) is 2.45. The molecule has 2 aromatic rings. The topological polar surface area (TPSA) is 78.4 Å². The Morgan fingerprint density at radius 1 is 0.967 bits per heavy atom. The molecule has 1 amide bonds. The number of benzene rings is 2. The molecule has 0 aliphatic rings. The highest BCUT2D eigenvalue weighted by molar-refractivity contribution is 5.95. The van der Waals surface area contributed by atoms with Gasteiger partial charge in [-0.15, -0.1) is 0 Å². The molecule has 0 heterocycles. The van der Waals surface area contributed by atoms with E-state index in [1.54, 1.807) is 55.7 Å². The van der Waals surface area contributed by atoms with Gasteiger partial charge < -0.3 is 18.9 Å². The Kier molecular flexibility index (Phi) is 8.99. The van der Waals surface area contributed by atoms with Gasteiger partial charge in [0, 0.05) is 5.56 Å². The molecule has 0 fully saturated rings. The lowest BCUT2D eigenvalue weighted by Crippen LogP contribution is -2.17. The molecule has 0 radical (unpaired) electrons. The lowest BCUT2D eigenvalue weighted by Gasteiger charge is -2.12. The first-order valence-corrected chi connectivity index (χ1v) is 9.38. The number of carbonyl (C=O) groups excluding carboxylic acids is 1. The molecule has 0 bridgehead atoms. The molecule has 0 unspecified atom stereocenters. The number of ether oxygens (including phenoxy) is 4. The normalized spacial score (nSPS) is 10.3. The molecule has 0 aromatic heterocycles. The van der Waals surface area contributed by atoms with E-state index in [-0.39, 0.29) is 5.91 Å². The molecule has 0 aliphatic carbocycles. The first-order valence-electron chi connectivity index (χ1n) is 9.38. The van der Waals surface area contributed by atoms with Crippen LogP contribution in [0.1, 0.15) is 22.8 Å². The van der Waals surface area contributed by atoms with Crippen LogP contribution in [0.25, 0.3) is 0 Å². The van der Waals surface area contributed by atoms with Crippen molar-refractivity contribution in [1.82, 2.24) is 5.43 Å². The smallest absolute Gasteiger partial charge is 0.271 e. The van der Waals surface area contributed by atoms with Crippen LogP contribution in [0.2, 0.25) is 0 Å². The van der Waals surface area contributed by atoms with Crippen LogP contribution in [-0.2, 0) is 0 Å². The van der Waals surface area contributed by atoms with Gasteiger partial charge in [0.1, 0.15) is 13.2 Å². The minimum atomic E-state index is -0.375. The van der Waals surface area contributed by atoms with Crippen molar-refractivity contribution in [2.45, 2.75) is 6.92 Å². The summed E-state index contributed by atoms with van der Waals surface area (Å²) in [6, 6.07) is 10.3. The molecule has 2 aromatic carbocycles. The summed E-state index contributed by atoms with van der Waals surface area (Å²) in [4.78, 5) is 12.4. The van der Waals surface area contributed by atoms with Crippen molar-refractivity contribution < 1.29 is 23.7 Å². The molecule has 2 rings (SSSR count). The van der Waals surface area contributed by atoms with Crippen molar-refractivity contribution in [3.05, 3.63) is 72.8 Å². The number of amides is 1. The Morgan fingerprint density at radius 3 is 2.27 bits per heavy atom. The van der Waals surface area contributed by atoms with Gasteiger partial charge in [-0.1, -0.05) is 25.3 Å². The number of hydrogen-bond donors (Lipinski definition) is 1. The maximum Gasteiger partial charge on any atom is 0.271 e. The summed E-state index contributed by atoms with van der Waals surface area (Å²) < 4.78 is 21.9. The van der Waals surface area contributed by atoms with Gasteiger partial charge >= 0.3 is 0 Å². The van der Waals surface area contributed by atoms with Gasteiger partial charge in [0.15, 0.2) is 23.0 Å². The quantitative estimate of drug-likeness (QED) is 0.325. The third kappa shape index (κ3) is 6.41. The van der Waals surface area contributed by atoms with Gasteiger partial charge in [0.05, 0.1) is 19.9 Å². The number of methoxy groups -OCH3 is 1. The Labute approximate surface area is 176 Å². The maximum absolute atomic E-state index is 12.4. The minimum Gasteiger partial charge on any atom is -0.493 e. The zero-order valence-electron chi connectivity index (χ0n) is 17.2. The van der Waals surface area contributed by atoms with Gasteiger partial charge in [-0.05, 0) is 48.9 Å². The summed E-state index contributed by atoms with van der Waals surface area (Å²) in [7, 11) is 1.55. The molecule has 0 saturated carbocycles. The van der Waals surface area contributed by atoms with E-state index in [2.05, 4.69) is 23.7 Å². The van der Waals surface area contributed by atoms with Crippen molar-refractivity contribution in [1.29, 1.82) is 0 Å². The van der Waals surface area contributed by atoms with Crippen LogP contribution in [0.5, 0.6) is 23.0 Å². The number of hydrazone groups is 1. The van der Waals surface area contributed by atoms with Crippen LogP contribution in [0.15, 0.2) is 66.8 Å². The largest absolute Gasteiger partial charge is 0.493 e. The van der Waals surface area contributed by atoms with E-state index in [0.29, 0.717) is 48.4 Å². The number of hydrogen-bond acceptors (Lipinski definition) is 6. The molecular weight excluding hydrogens is 384 g/mol. The van der Waals surface area contributed by atoms with Gasteiger partial charge in [-0.25, -0.2) is 5.43 Å². The van der Waals surface area contributed by atoms with Crippen molar-refractivity contribution in [3.8, 4) is 23.0 Å². The zero-order chi connectivity index (χ0) is 21.8. The fourth-order valence-corrected chi connectivity index (χ4v) is 2.45. The fraction of sp³-hybridized carbons (Fsp3) is 0.217. The summed E-state index contributed by atoms with van der Waals surface area (Å²) in [5, 5.41) is 4.01. The highest BCUT2D eigenvalue weighted by atomic mass is 16.5. The predicted molar refractivity (Wildman–Crippen MR) is 117 cm³/mol. The summed E-state index contributed by atoms with van der Waals surface area (Å²) >= 11 is 0. The van der Waals surface area contributed by atoms with Gasteiger partial charge in [0.2, 0.25) is 0 Å². The third-order valence-corrected chi connectivity index (χ3v) is 3.79. The molecule has 0 atom stereocenters. The molecule has 30 heavy (non-hydrogen) atoms. The van der Waals surface area contributed by atoms with E-state index < -0.39 is 0 Å². The van der Waals surface area contributed by atoms with Crippen molar-refractivity contribution >= 4 is 12.1 Å². The summed E-state index contributed by atoms with van der Waals surface area (Å²) in [6.45, 7) is 10.3. The molecule has 7 nitrogen and oxygen atoms in total. The van der Waals surface area contributed by atoms with Crippen LogP contribution >= 0.6 is 0 Å². The number of rotatable bonds is 12. The Morgan fingerprint density at radius 2 is 1.63 bits per heavy atom. The summed E-state index contributed by atoms with van der Waals surface area (Å²) in [5.41, 5.74) is 3.63. The van der Waals surface area contributed by atoms with E-state index in [9.17, 15) is 4.79 Å². The van der Waals surface area contributed by atoms with E-state index in [0.717, 1.165) is 5.56 Å². The van der Waals surface area contributed by atoms with Gasteiger partial charge in [0.25, 0.3) is 5.91 Å². The first-order chi connectivity index (χ1) is 14.6. The number of carbonyl (C=O) groups is 1. The molecule has 0 saturated heterocycles. The maximum atomic E-state index is 12.4. The monoisotopic (exact) mass is 410 g/mol. The number of nitrogens with one attached hydrogen (secondary N) is 1. The highest BCUT2D eigenvalue weighted by Crippen LogP contribution is 2.29. The van der Waals surface area contributed by atoms with Crippen molar-refractivity contribution in [2.75, 3.05) is 26.9 Å². The first kappa shape index (κ1) is 22.5.